The predicted molar refractivity (Wildman–Crippen MR) is 79.1 cm³/mol. The van der Waals surface area contributed by atoms with E-state index in [4.69, 9.17) is 5.14 Å². The fourth-order valence-electron chi connectivity index (χ4n) is 2.01. The van der Waals surface area contributed by atoms with Gasteiger partial charge in [-0.25, -0.2) is 13.6 Å². The number of anilines is 1. The lowest BCUT2D eigenvalue weighted by molar-refractivity contribution is -0.139. The van der Waals surface area contributed by atoms with E-state index < -0.39 is 26.7 Å². The highest BCUT2D eigenvalue weighted by molar-refractivity contribution is 7.89. The first kappa shape index (κ1) is 18.7. The highest BCUT2D eigenvalue weighted by Gasteiger charge is 2.36. The van der Waals surface area contributed by atoms with Gasteiger partial charge in [0.2, 0.25) is 10.0 Å². The summed E-state index contributed by atoms with van der Waals surface area (Å²) < 4.78 is 61.4. The van der Waals surface area contributed by atoms with Crippen molar-refractivity contribution in [2.75, 3.05) is 31.5 Å². The topological polar surface area (TPSA) is 75.4 Å². The maximum absolute atomic E-state index is 13.0. The van der Waals surface area contributed by atoms with Crippen molar-refractivity contribution in [3.63, 3.8) is 0 Å². The molecule has 5 nitrogen and oxygen atoms in total. The van der Waals surface area contributed by atoms with E-state index in [1.807, 2.05) is 13.8 Å². The highest BCUT2D eigenvalue weighted by atomic mass is 32.2. The molecule has 0 aromatic heterocycles. The molecule has 0 aliphatic heterocycles. The molecule has 0 amide bonds. The monoisotopic (exact) mass is 339 g/mol. The van der Waals surface area contributed by atoms with Gasteiger partial charge in [-0.15, -0.1) is 0 Å². The van der Waals surface area contributed by atoms with Gasteiger partial charge < -0.3 is 10.2 Å². The van der Waals surface area contributed by atoms with E-state index in [1.165, 1.54) is 6.07 Å². The first-order chi connectivity index (χ1) is 10.1. The first-order valence-electron chi connectivity index (χ1n) is 6.79. The van der Waals surface area contributed by atoms with Gasteiger partial charge in [0.05, 0.1) is 10.5 Å². The maximum atomic E-state index is 13.0. The van der Waals surface area contributed by atoms with E-state index >= 15 is 0 Å². The fraction of sp³-hybridized carbons (Fsp3) is 0.538. The fourth-order valence-corrected chi connectivity index (χ4v) is 2.75. The van der Waals surface area contributed by atoms with E-state index in [0.29, 0.717) is 13.1 Å². The zero-order chi connectivity index (χ0) is 17.0. The Bertz CT molecular complexity index is 599. The Morgan fingerprint density at radius 1 is 1.23 bits per heavy atom. The maximum Gasteiger partial charge on any atom is 0.417 e. The summed E-state index contributed by atoms with van der Waals surface area (Å²) in [5, 5.41) is 7.68. The second kappa shape index (κ2) is 7.30. The Hall–Kier alpha value is -1.32. The van der Waals surface area contributed by atoms with Crippen molar-refractivity contribution >= 4 is 15.7 Å². The molecule has 126 valence electrons. The zero-order valence-corrected chi connectivity index (χ0v) is 13.3. The number of nitrogens with one attached hydrogen (secondary N) is 1. The number of sulfonamides is 1. The summed E-state index contributed by atoms with van der Waals surface area (Å²) in [5.41, 5.74) is -1.06. The number of hydrogen-bond donors (Lipinski definition) is 2. The number of likely N-dealkylation sites (N-methyl/N-ethyl adjacent to an activating group) is 1. The average Bonchev–Trinajstić information content (AvgIpc) is 2.41. The van der Waals surface area contributed by atoms with Crippen LogP contribution in [0.5, 0.6) is 0 Å². The third-order valence-corrected chi connectivity index (χ3v) is 4.21. The van der Waals surface area contributed by atoms with Gasteiger partial charge in [0.1, 0.15) is 0 Å². The number of alkyl halides is 3. The molecule has 1 aromatic carbocycles. The molecule has 22 heavy (non-hydrogen) atoms. The summed E-state index contributed by atoms with van der Waals surface area (Å²) in [6, 6.07) is 2.91. The lowest BCUT2D eigenvalue weighted by Gasteiger charge is -2.19. The van der Waals surface area contributed by atoms with Crippen molar-refractivity contribution in [2.24, 2.45) is 5.14 Å². The summed E-state index contributed by atoms with van der Waals surface area (Å²) in [6.07, 6.45) is -4.79. The smallest absolute Gasteiger partial charge is 0.384 e. The second-order valence-electron chi connectivity index (χ2n) is 4.71. The number of nitrogens with zero attached hydrogens (tertiary/aromatic N) is 1. The number of halogens is 3. The molecule has 1 aromatic rings. The molecular formula is C13H20F3N3O2S. The number of hydrogen-bond acceptors (Lipinski definition) is 4. The Kier molecular flexibility index (Phi) is 6.21. The molecule has 0 atom stereocenters. The van der Waals surface area contributed by atoms with E-state index in [9.17, 15) is 21.6 Å². The molecule has 0 aliphatic carbocycles. The van der Waals surface area contributed by atoms with Crippen LogP contribution >= 0.6 is 0 Å². The van der Waals surface area contributed by atoms with Gasteiger partial charge in [-0.1, -0.05) is 13.8 Å². The highest BCUT2D eigenvalue weighted by Crippen LogP contribution is 2.35. The van der Waals surface area contributed by atoms with Gasteiger partial charge in [0.15, 0.2) is 0 Å². The van der Waals surface area contributed by atoms with Crippen LogP contribution in [0.3, 0.4) is 0 Å². The minimum Gasteiger partial charge on any atom is -0.384 e. The molecule has 0 unspecified atom stereocenters. The van der Waals surface area contributed by atoms with E-state index in [1.54, 1.807) is 0 Å². The normalized spacial score (nSPS) is 12.7. The van der Waals surface area contributed by atoms with E-state index in [2.05, 4.69) is 10.2 Å². The van der Waals surface area contributed by atoms with Crippen molar-refractivity contribution in [3.05, 3.63) is 23.8 Å². The van der Waals surface area contributed by atoms with Gasteiger partial charge in [0, 0.05) is 18.8 Å². The first-order valence-corrected chi connectivity index (χ1v) is 8.34. The lowest BCUT2D eigenvalue weighted by atomic mass is 10.2. The predicted octanol–water partition coefficient (Wildman–Crippen LogP) is 2.11. The SMILES string of the molecule is CCN(CC)CCNc1ccc(S(N)(=O)=O)c(C(F)(F)F)c1. The van der Waals surface area contributed by atoms with Gasteiger partial charge in [-0.3, -0.25) is 0 Å². The number of primary sulfonamides is 1. The van der Waals surface area contributed by atoms with Crippen LogP contribution in [0, 0.1) is 0 Å². The standard InChI is InChI=1S/C13H20F3N3O2S/c1-3-19(4-2)8-7-18-10-5-6-12(22(17,20)21)11(9-10)13(14,15)16/h5-6,9,18H,3-4,7-8H2,1-2H3,(H2,17,20,21). The largest absolute Gasteiger partial charge is 0.417 e. The molecule has 9 heteroatoms. The van der Waals surface area contributed by atoms with Crippen LogP contribution in [0.4, 0.5) is 18.9 Å². The van der Waals surface area contributed by atoms with Gasteiger partial charge >= 0.3 is 6.18 Å². The second-order valence-corrected chi connectivity index (χ2v) is 6.24. The van der Waals surface area contributed by atoms with Gasteiger partial charge in [0.25, 0.3) is 0 Å². The van der Waals surface area contributed by atoms with Crippen LogP contribution in [0.2, 0.25) is 0 Å². The number of benzene rings is 1. The minimum atomic E-state index is -4.79. The molecule has 0 saturated carbocycles. The molecule has 3 N–H and O–H groups in total. The Labute approximate surface area is 128 Å². The average molecular weight is 339 g/mol. The Morgan fingerprint density at radius 2 is 1.82 bits per heavy atom. The van der Waals surface area contributed by atoms with Crippen molar-refractivity contribution in [2.45, 2.75) is 24.9 Å². The Balaban J connectivity index is 2.96. The molecule has 0 saturated heterocycles. The van der Waals surface area contributed by atoms with Crippen LogP contribution in [0.15, 0.2) is 23.1 Å². The van der Waals surface area contributed by atoms with Gasteiger partial charge in [-0.05, 0) is 31.3 Å². The molecule has 1 rings (SSSR count). The van der Waals surface area contributed by atoms with Crippen molar-refractivity contribution in [1.82, 2.24) is 4.90 Å². The molecular weight excluding hydrogens is 319 g/mol. The third-order valence-electron chi connectivity index (χ3n) is 3.24. The lowest BCUT2D eigenvalue weighted by Crippen LogP contribution is -2.28. The van der Waals surface area contributed by atoms with E-state index in [-0.39, 0.29) is 5.69 Å². The van der Waals surface area contributed by atoms with Crippen LogP contribution in [-0.2, 0) is 16.2 Å². The summed E-state index contributed by atoms with van der Waals surface area (Å²) in [4.78, 5) is 1.19. The summed E-state index contributed by atoms with van der Waals surface area (Å²) in [5.74, 6) is 0. The molecule has 0 fully saturated rings. The summed E-state index contributed by atoms with van der Waals surface area (Å²) >= 11 is 0. The van der Waals surface area contributed by atoms with Crippen LogP contribution < -0.4 is 10.5 Å². The third kappa shape index (κ3) is 5.15. The Morgan fingerprint density at radius 3 is 2.27 bits per heavy atom. The molecule has 0 heterocycles. The van der Waals surface area contributed by atoms with Crippen molar-refractivity contribution < 1.29 is 21.6 Å². The van der Waals surface area contributed by atoms with Crippen molar-refractivity contribution in [3.8, 4) is 0 Å². The van der Waals surface area contributed by atoms with Crippen LogP contribution in [-0.4, -0.2) is 39.5 Å². The molecule has 0 aliphatic rings. The number of nitrogens with two attached hydrogens (primary N) is 1. The molecule has 0 spiro atoms. The van der Waals surface area contributed by atoms with Gasteiger partial charge in [-0.2, -0.15) is 13.2 Å². The summed E-state index contributed by atoms with van der Waals surface area (Å²) in [6.45, 7) is 6.80. The van der Waals surface area contributed by atoms with E-state index in [0.717, 1.165) is 25.2 Å². The molecule has 0 bridgehead atoms. The zero-order valence-electron chi connectivity index (χ0n) is 12.4. The van der Waals surface area contributed by atoms with Crippen LogP contribution in [0.25, 0.3) is 0 Å². The summed E-state index contributed by atoms with van der Waals surface area (Å²) in [7, 11) is -4.43. The van der Waals surface area contributed by atoms with Crippen molar-refractivity contribution in [1.29, 1.82) is 0 Å². The number of rotatable bonds is 7. The quantitative estimate of drug-likeness (QED) is 0.798. The minimum absolute atomic E-state index is 0.201. The van der Waals surface area contributed by atoms with Crippen LogP contribution in [0.1, 0.15) is 19.4 Å². The molecule has 0 radical (unpaired) electrons.